The smallest absolute Gasteiger partial charge is 0.273 e. The predicted molar refractivity (Wildman–Crippen MR) is 172 cm³/mol. The van der Waals surface area contributed by atoms with E-state index in [0.717, 1.165) is 11.1 Å². The van der Waals surface area contributed by atoms with Crippen LogP contribution in [0.25, 0.3) is 0 Å². The molecule has 0 aliphatic rings. The van der Waals surface area contributed by atoms with Gasteiger partial charge in [0.2, 0.25) is 0 Å². The van der Waals surface area contributed by atoms with Crippen molar-refractivity contribution < 1.29 is 28.8 Å². The summed E-state index contributed by atoms with van der Waals surface area (Å²) in [4.78, 5) is 52.1. The molecule has 0 aliphatic heterocycles. The fourth-order valence-corrected chi connectivity index (χ4v) is 4.50. The zero-order valence-electron chi connectivity index (χ0n) is 26.6. The number of allylic oxidation sites excluding steroid dienone is 1. The number of ketones is 1. The normalized spacial score (nSPS) is 13.4. The minimum Gasteiger partial charge on any atom is -0.383 e. The molecule has 3 aromatic rings. The molecule has 12 heteroatoms. The summed E-state index contributed by atoms with van der Waals surface area (Å²) in [5.74, 6) is -0.977. The number of aldehydes is 1. The van der Waals surface area contributed by atoms with Crippen LogP contribution in [-0.2, 0) is 16.1 Å². The van der Waals surface area contributed by atoms with E-state index >= 15 is 0 Å². The van der Waals surface area contributed by atoms with Crippen LogP contribution in [0, 0.1) is 31.1 Å². The Hall–Kier alpha value is -4.96. The van der Waals surface area contributed by atoms with Crippen molar-refractivity contribution in [2.45, 2.75) is 52.4 Å². The Labute approximate surface area is 268 Å². The topological polar surface area (TPSA) is 178 Å². The van der Waals surface area contributed by atoms with E-state index < -0.39 is 30.0 Å². The van der Waals surface area contributed by atoms with Crippen LogP contribution in [0.5, 0.6) is 0 Å². The highest BCUT2D eigenvalue weighted by atomic mass is 16.5. The largest absolute Gasteiger partial charge is 0.383 e. The first-order chi connectivity index (χ1) is 21.9. The van der Waals surface area contributed by atoms with E-state index in [1.165, 1.54) is 11.0 Å². The minimum atomic E-state index is -1.56. The molecule has 3 rings (SSSR count). The summed E-state index contributed by atoms with van der Waals surface area (Å²) in [6, 6.07) is 15.8. The number of aromatic nitrogens is 1. The van der Waals surface area contributed by atoms with Gasteiger partial charge in [-0.1, -0.05) is 54.9 Å². The Balaban J connectivity index is 1.78. The van der Waals surface area contributed by atoms with Gasteiger partial charge in [0.05, 0.1) is 12.1 Å². The fourth-order valence-electron chi connectivity index (χ4n) is 4.50. The van der Waals surface area contributed by atoms with Crippen LogP contribution in [0.2, 0.25) is 0 Å². The van der Waals surface area contributed by atoms with Crippen molar-refractivity contribution in [2.24, 2.45) is 5.92 Å². The number of hydrogen-bond donors (Lipinski definition) is 4. The molecule has 0 bridgehead atoms. The first kappa shape index (κ1) is 35.5. The molecule has 12 nitrogen and oxygen atoms in total. The van der Waals surface area contributed by atoms with Crippen molar-refractivity contribution in [2.75, 3.05) is 25.0 Å². The van der Waals surface area contributed by atoms with E-state index in [2.05, 4.69) is 21.1 Å². The van der Waals surface area contributed by atoms with Gasteiger partial charge in [-0.15, -0.1) is 0 Å². The lowest BCUT2D eigenvalue weighted by Gasteiger charge is -2.25. The van der Waals surface area contributed by atoms with Gasteiger partial charge in [-0.05, 0) is 49.6 Å². The molecular weight excluding hydrogens is 588 g/mol. The van der Waals surface area contributed by atoms with E-state index in [9.17, 15) is 29.5 Å². The summed E-state index contributed by atoms with van der Waals surface area (Å²) in [5, 5.41) is 32.4. The maximum Gasteiger partial charge on any atom is 0.273 e. The highest BCUT2D eigenvalue weighted by molar-refractivity contribution is 6.08. The number of carbonyl (C=O) groups is 4. The molecule has 242 valence electrons. The van der Waals surface area contributed by atoms with Gasteiger partial charge in [0, 0.05) is 44.0 Å². The maximum absolute atomic E-state index is 13.7. The van der Waals surface area contributed by atoms with Crippen molar-refractivity contribution >= 4 is 29.6 Å². The van der Waals surface area contributed by atoms with Crippen LogP contribution in [0.1, 0.15) is 51.6 Å². The molecule has 0 aliphatic carbocycles. The Morgan fingerprint density at radius 2 is 1.74 bits per heavy atom. The second-order valence-electron chi connectivity index (χ2n) is 11.3. The Bertz CT molecular complexity index is 1570. The van der Waals surface area contributed by atoms with Crippen LogP contribution < -0.4 is 20.9 Å². The first-order valence-corrected chi connectivity index (χ1v) is 14.8. The molecule has 2 aromatic carbocycles. The highest BCUT2D eigenvalue weighted by Crippen LogP contribution is 2.18. The highest BCUT2D eigenvalue weighted by Gasteiger charge is 2.27. The number of anilines is 1. The van der Waals surface area contributed by atoms with Gasteiger partial charge in [-0.25, -0.2) is 0 Å². The molecule has 0 unspecified atom stereocenters. The Morgan fingerprint density at radius 3 is 2.30 bits per heavy atom. The van der Waals surface area contributed by atoms with Crippen molar-refractivity contribution in [3.05, 3.63) is 94.4 Å². The number of amides is 2. The van der Waals surface area contributed by atoms with Crippen LogP contribution in [0.4, 0.5) is 5.69 Å². The standard InChI is InChI=1S/C34H40N6O6/c1-21(2)14-26(16-35)34(45)40(5)27-12-10-25(11-13-27)32(43)30(18-36-17-24-8-6-22(3)7-9-24)37-19-29(31(42)20-41)38-33(44)28-15-23(4)46-39-28/h6-15,20-21,29-31,36-37,42H,17-19H2,1-5H3,(H,38,44)/t29-,30-,31-/m0/s1. The number of nitrogens with one attached hydrogen (secondary N) is 3. The molecule has 3 atom stereocenters. The Kier molecular flexibility index (Phi) is 13.1. The number of aliphatic hydroxyl groups excluding tert-OH is 1. The lowest BCUT2D eigenvalue weighted by atomic mass is 10.0. The van der Waals surface area contributed by atoms with Gasteiger partial charge >= 0.3 is 0 Å². The van der Waals surface area contributed by atoms with E-state index in [0.29, 0.717) is 29.8 Å². The van der Waals surface area contributed by atoms with E-state index in [-0.39, 0.29) is 36.1 Å². The SMILES string of the molecule is Cc1ccc(CNC[C@H](NC[C@H](NC(=O)c2cc(C)on2)[C@@H](O)C=O)C(=O)c2ccc(N(C)C(=O)C(C#N)=CC(C)C)cc2)cc1. The molecule has 0 radical (unpaired) electrons. The van der Waals surface area contributed by atoms with Gasteiger partial charge in [0.1, 0.15) is 23.5 Å². The molecular formula is C34H40N6O6. The average Bonchev–Trinajstić information content (AvgIpc) is 3.50. The number of nitrogens with zero attached hydrogens (tertiary/aromatic N) is 3. The van der Waals surface area contributed by atoms with Crippen molar-refractivity contribution in [1.29, 1.82) is 5.26 Å². The molecule has 46 heavy (non-hydrogen) atoms. The number of carbonyl (C=O) groups excluding carboxylic acids is 4. The summed E-state index contributed by atoms with van der Waals surface area (Å²) < 4.78 is 4.94. The first-order valence-electron chi connectivity index (χ1n) is 14.8. The van der Waals surface area contributed by atoms with Crippen LogP contribution >= 0.6 is 0 Å². The average molecular weight is 629 g/mol. The summed E-state index contributed by atoms with van der Waals surface area (Å²) >= 11 is 0. The van der Waals surface area contributed by atoms with Crippen molar-refractivity contribution in [3.8, 4) is 6.07 Å². The number of aliphatic hydroxyl groups is 1. The summed E-state index contributed by atoms with van der Waals surface area (Å²) in [7, 11) is 1.55. The molecule has 0 saturated heterocycles. The van der Waals surface area contributed by atoms with Gasteiger partial charge in [-0.2, -0.15) is 5.26 Å². The quantitative estimate of drug-likeness (QED) is 0.0798. The third-order valence-corrected chi connectivity index (χ3v) is 7.12. The lowest BCUT2D eigenvalue weighted by Crippen LogP contribution is -2.54. The zero-order valence-corrected chi connectivity index (χ0v) is 26.6. The van der Waals surface area contributed by atoms with E-state index in [1.54, 1.807) is 44.3 Å². The third kappa shape index (κ3) is 10.0. The van der Waals surface area contributed by atoms with Gasteiger partial charge < -0.3 is 35.3 Å². The van der Waals surface area contributed by atoms with E-state index in [1.807, 2.05) is 51.1 Å². The Morgan fingerprint density at radius 1 is 1.07 bits per heavy atom. The monoisotopic (exact) mass is 628 g/mol. The number of aryl methyl sites for hydroxylation is 2. The molecule has 2 amide bonds. The number of hydrogen-bond acceptors (Lipinski definition) is 10. The summed E-state index contributed by atoms with van der Waals surface area (Å²) in [5.41, 5.74) is 2.98. The number of nitriles is 1. The third-order valence-electron chi connectivity index (χ3n) is 7.12. The molecule has 4 N–H and O–H groups in total. The summed E-state index contributed by atoms with van der Waals surface area (Å²) in [6.07, 6.45) is 0.342. The van der Waals surface area contributed by atoms with Crippen LogP contribution in [0.3, 0.4) is 0 Å². The van der Waals surface area contributed by atoms with Crippen LogP contribution in [0.15, 0.2) is 70.8 Å². The maximum atomic E-state index is 13.7. The molecule has 1 aromatic heterocycles. The number of Topliss-reactive ketones (excluding diaryl/α,β-unsaturated/α-hetero) is 1. The molecule has 1 heterocycles. The number of benzene rings is 2. The van der Waals surface area contributed by atoms with Gasteiger partial charge in [0.25, 0.3) is 11.8 Å². The second kappa shape index (κ2) is 16.9. The molecule has 0 spiro atoms. The van der Waals surface area contributed by atoms with Gasteiger partial charge in [0.15, 0.2) is 17.8 Å². The zero-order chi connectivity index (χ0) is 33.8. The summed E-state index contributed by atoms with van der Waals surface area (Å²) in [6.45, 7) is 7.89. The molecule has 0 fully saturated rings. The van der Waals surface area contributed by atoms with E-state index in [4.69, 9.17) is 4.52 Å². The number of rotatable bonds is 16. The number of likely N-dealkylation sites (N-methyl/N-ethyl adjacent to an activating group) is 1. The van der Waals surface area contributed by atoms with Gasteiger partial charge in [-0.3, -0.25) is 14.4 Å². The van der Waals surface area contributed by atoms with Crippen molar-refractivity contribution in [3.63, 3.8) is 0 Å². The fraction of sp³-hybridized carbons (Fsp3) is 0.353. The predicted octanol–water partition coefficient (Wildman–Crippen LogP) is 2.65. The van der Waals surface area contributed by atoms with Crippen LogP contribution in [-0.4, -0.2) is 72.5 Å². The molecule has 0 saturated carbocycles. The lowest BCUT2D eigenvalue weighted by molar-refractivity contribution is -0.116. The minimum absolute atomic E-state index is 0.0156. The second-order valence-corrected chi connectivity index (χ2v) is 11.3. The van der Waals surface area contributed by atoms with Crippen molar-refractivity contribution in [1.82, 2.24) is 21.1 Å².